The van der Waals surface area contributed by atoms with Crippen molar-refractivity contribution in [2.75, 3.05) is 12.5 Å². The van der Waals surface area contributed by atoms with Crippen molar-refractivity contribution in [3.63, 3.8) is 0 Å². The van der Waals surface area contributed by atoms with Gasteiger partial charge >= 0.3 is 0 Å². The van der Waals surface area contributed by atoms with E-state index in [1.54, 1.807) is 18.2 Å². The SMILES string of the molecule is O=[N+]([O-])c1cccc(OCCCl)c1CS(=O)(=O)c1cccc2ccccc12. The van der Waals surface area contributed by atoms with Crippen molar-refractivity contribution in [3.8, 4) is 5.75 Å². The van der Waals surface area contributed by atoms with Crippen LogP contribution in [0.1, 0.15) is 5.56 Å². The number of alkyl halides is 1. The van der Waals surface area contributed by atoms with E-state index in [1.165, 1.54) is 24.3 Å². The van der Waals surface area contributed by atoms with Crippen LogP contribution in [0, 0.1) is 10.1 Å². The second-order valence-electron chi connectivity index (χ2n) is 5.78. The molecule has 3 aromatic carbocycles. The molecule has 8 heteroatoms. The highest BCUT2D eigenvalue weighted by molar-refractivity contribution is 7.90. The monoisotopic (exact) mass is 405 g/mol. The van der Waals surface area contributed by atoms with Crippen LogP contribution < -0.4 is 4.74 Å². The van der Waals surface area contributed by atoms with E-state index in [4.69, 9.17) is 16.3 Å². The van der Waals surface area contributed by atoms with E-state index in [-0.39, 0.29) is 34.4 Å². The lowest BCUT2D eigenvalue weighted by Crippen LogP contribution is -2.10. The van der Waals surface area contributed by atoms with Gasteiger partial charge in [0.1, 0.15) is 12.4 Å². The molecule has 3 rings (SSSR count). The maximum absolute atomic E-state index is 13.1. The molecule has 0 N–H and O–H groups in total. The molecule has 0 saturated heterocycles. The Bertz CT molecular complexity index is 1090. The zero-order valence-corrected chi connectivity index (χ0v) is 15.7. The summed E-state index contributed by atoms with van der Waals surface area (Å²) in [5, 5.41) is 12.8. The average Bonchev–Trinajstić information content (AvgIpc) is 2.66. The fraction of sp³-hybridized carbons (Fsp3) is 0.158. The first kappa shape index (κ1) is 19.1. The Morgan fingerprint density at radius 3 is 2.44 bits per heavy atom. The molecule has 0 aliphatic carbocycles. The minimum Gasteiger partial charge on any atom is -0.492 e. The van der Waals surface area contributed by atoms with Crippen molar-refractivity contribution in [1.82, 2.24) is 0 Å². The van der Waals surface area contributed by atoms with Crippen molar-refractivity contribution in [2.24, 2.45) is 0 Å². The Morgan fingerprint density at radius 2 is 1.70 bits per heavy atom. The fourth-order valence-electron chi connectivity index (χ4n) is 2.89. The standard InChI is InChI=1S/C19H16ClNO5S/c20-11-12-26-18-9-4-8-17(21(22)23)16(18)13-27(24,25)19-10-3-6-14-5-1-2-7-15(14)19/h1-10H,11-13H2. The number of sulfone groups is 1. The second-order valence-corrected chi connectivity index (χ2v) is 8.12. The molecule has 0 aromatic heterocycles. The number of hydrogen-bond donors (Lipinski definition) is 0. The highest BCUT2D eigenvalue weighted by Crippen LogP contribution is 2.33. The largest absolute Gasteiger partial charge is 0.492 e. The van der Waals surface area contributed by atoms with E-state index in [2.05, 4.69) is 0 Å². The molecule has 140 valence electrons. The number of nitrogens with zero attached hydrogens (tertiary/aromatic N) is 1. The molecule has 0 aliphatic heterocycles. The third-order valence-electron chi connectivity index (χ3n) is 4.06. The van der Waals surface area contributed by atoms with Gasteiger partial charge in [-0.3, -0.25) is 10.1 Å². The van der Waals surface area contributed by atoms with Gasteiger partial charge in [-0.15, -0.1) is 11.6 Å². The zero-order chi connectivity index (χ0) is 19.4. The van der Waals surface area contributed by atoms with Crippen LogP contribution in [0.3, 0.4) is 0 Å². The van der Waals surface area contributed by atoms with E-state index in [9.17, 15) is 18.5 Å². The van der Waals surface area contributed by atoms with E-state index in [1.807, 2.05) is 18.2 Å². The first-order chi connectivity index (χ1) is 12.9. The summed E-state index contributed by atoms with van der Waals surface area (Å²) in [5.41, 5.74) is -0.286. The van der Waals surface area contributed by atoms with Crippen LogP contribution in [0.15, 0.2) is 65.6 Å². The molecule has 27 heavy (non-hydrogen) atoms. The number of hydrogen-bond acceptors (Lipinski definition) is 5. The quantitative estimate of drug-likeness (QED) is 0.331. The average molecular weight is 406 g/mol. The minimum atomic E-state index is -3.86. The number of nitro benzene ring substituents is 1. The Hall–Kier alpha value is -2.64. The highest BCUT2D eigenvalue weighted by Gasteiger charge is 2.26. The van der Waals surface area contributed by atoms with Gasteiger partial charge in [-0.1, -0.05) is 42.5 Å². The van der Waals surface area contributed by atoms with Crippen LogP contribution in [-0.2, 0) is 15.6 Å². The van der Waals surface area contributed by atoms with Gasteiger partial charge in [-0.25, -0.2) is 8.42 Å². The molecule has 0 amide bonds. The van der Waals surface area contributed by atoms with Crippen LogP contribution in [0.5, 0.6) is 5.75 Å². The van der Waals surface area contributed by atoms with Crippen LogP contribution in [-0.4, -0.2) is 25.8 Å². The van der Waals surface area contributed by atoms with E-state index >= 15 is 0 Å². The van der Waals surface area contributed by atoms with Crippen LogP contribution in [0.4, 0.5) is 5.69 Å². The van der Waals surface area contributed by atoms with Gasteiger partial charge < -0.3 is 4.74 Å². The minimum absolute atomic E-state index is 0.0144. The number of nitro groups is 1. The molecule has 0 unspecified atom stereocenters. The predicted molar refractivity (Wildman–Crippen MR) is 104 cm³/mol. The van der Waals surface area contributed by atoms with Crippen molar-refractivity contribution >= 4 is 37.9 Å². The lowest BCUT2D eigenvalue weighted by molar-refractivity contribution is -0.385. The first-order valence-corrected chi connectivity index (χ1v) is 10.3. The van der Waals surface area contributed by atoms with Crippen LogP contribution >= 0.6 is 11.6 Å². The van der Waals surface area contributed by atoms with Gasteiger partial charge in [0, 0.05) is 11.5 Å². The van der Waals surface area contributed by atoms with E-state index in [0.29, 0.717) is 5.39 Å². The van der Waals surface area contributed by atoms with E-state index < -0.39 is 20.5 Å². The Kier molecular flexibility index (Phi) is 5.62. The number of halogens is 1. The van der Waals surface area contributed by atoms with Gasteiger partial charge in [-0.2, -0.15) is 0 Å². The van der Waals surface area contributed by atoms with Crippen LogP contribution in [0.25, 0.3) is 10.8 Å². The van der Waals surface area contributed by atoms with Crippen molar-refractivity contribution < 1.29 is 18.1 Å². The second kappa shape index (κ2) is 7.94. The topological polar surface area (TPSA) is 86.5 Å². The first-order valence-electron chi connectivity index (χ1n) is 8.09. The molecule has 0 saturated carbocycles. The molecule has 0 radical (unpaired) electrons. The third kappa shape index (κ3) is 4.04. The van der Waals surface area contributed by atoms with Gasteiger partial charge in [0.05, 0.1) is 27.0 Å². The van der Waals surface area contributed by atoms with Gasteiger partial charge in [0.25, 0.3) is 5.69 Å². The molecule has 3 aromatic rings. The van der Waals surface area contributed by atoms with E-state index in [0.717, 1.165) is 5.39 Å². The number of ether oxygens (including phenoxy) is 1. The molecule has 0 aliphatic rings. The third-order valence-corrected chi connectivity index (χ3v) is 5.91. The molecule has 6 nitrogen and oxygen atoms in total. The Morgan fingerprint density at radius 1 is 1.00 bits per heavy atom. The summed E-state index contributed by atoms with van der Waals surface area (Å²) in [6, 6.07) is 16.3. The molecular weight excluding hydrogens is 390 g/mol. The van der Waals surface area contributed by atoms with Crippen molar-refractivity contribution in [3.05, 3.63) is 76.3 Å². The van der Waals surface area contributed by atoms with Crippen molar-refractivity contribution in [2.45, 2.75) is 10.6 Å². The Labute approximate surface area is 161 Å². The molecule has 0 bridgehead atoms. The Balaban J connectivity index is 2.11. The smallest absolute Gasteiger partial charge is 0.277 e. The summed E-state index contributed by atoms with van der Waals surface area (Å²) in [6.45, 7) is 0.115. The lowest BCUT2D eigenvalue weighted by atomic mass is 10.1. The molecular formula is C19H16ClNO5S. The summed E-state index contributed by atoms with van der Waals surface area (Å²) in [6.07, 6.45) is 0. The summed E-state index contributed by atoms with van der Waals surface area (Å²) in [7, 11) is -3.86. The van der Waals surface area contributed by atoms with Gasteiger partial charge in [0.15, 0.2) is 9.84 Å². The molecule has 0 heterocycles. The predicted octanol–water partition coefficient (Wildman–Crippen LogP) is 4.34. The summed E-state index contributed by atoms with van der Waals surface area (Å²) in [5.74, 6) is -0.220. The fourth-order valence-corrected chi connectivity index (χ4v) is 4.60. The maximum atomic E-state index is 13.1. The molecule has 0 spiro atoms. The normalized spacial score (nSPS) is 11.4. The highest BCUT2D eigenvalue weighted by atomic mass is 35.5. The summed E-state index contributed by atoms with van der Waals surface area (Å²) >= 11 is 5.62. The summed E-state index contributed by atoms with van der Waals surface area (Å²) < 4.78 is 31.7. The molecule has 0 fully saturated rings. The number of fused-ring (bicyclic) bond motifs is 1. The molecule has 0 atom stereocenters. The number of rotatable bonds is 7. The zero-order valence-electron chi connectivity index (χ0n) is 14.2. The number of benzene rings is 3. The van der Waals surface area contributed by atoms with Crippen molar-refractivity contribution in [1.29, 1.82) is 0 Å². The van der Waals surface area contributed by atoms with Crippen LogP contribution in [0.2, 0.25) is 0 Å². The maximum Gasteiger partial charge on any atom is 0.277 e. The lowest BCUT2D eigenvalue weighted by Gasteiger charge is -2.13. The van der Waals surface area contributed by atoms with Gasteiger partial charge in [0.2, 0.25) is 0 Å². The summed E-state index contributed by atoms with van der Waals surface area (Å²) in [4.78, 5) is 10.9. The van der Waals surface area contributed by atoms with Gasteiger partial charge in [-0.05, 0) is 17.5 Å².